The van der Waals surface area contributed by atoms with Gasteiger partial charge in [0.15, 0.2) is 0 Å². The monoisotopic (exact) mass is 210 g/mol. The largest absolute Gasteiger partial charge is 0.0985 e. The summed E-state index contributed by atoms with van der Waals surface area (Å²) in [6.45, 7) is 5.90. The smallest absolute Gasteiger partial charge is 0.0178 e. The normalized spacial score (nSPS) is 9.64. The Balaban J connectivity index is 3.16. The molecule has 0 spiro atoms. The van der Waals surface area contributed by atoms with Crippen LogP contribution in [0.5, 0.6) is 0 Å². The van der Waals surface area contributed by atoms with Gasteiger partial charge in [0.1, 0.15) is 0 Å². The lowest BCUT2D eigenvalue weighted by Gasteiger charge is -2.02. The maximum atomic E-state index is 3.75. The first-order chi connectivity index (χ1) is 5.27. The molecule has 0 heterocycles. The van der Waals surface area contributed by atoms with Gasteiger partial charge in [0, 0.05) is 4.47 Å². The van der Waals surface area contributed by atoms with Gasteiger partial charge in [0.05, 0.1) is 0 Å². The molecule has 58 valence electrons. The van der Waals surface area contributed by atoms with E-state index in [1.54, 1.807) is 0 Å². The van der Waals surface area contributed by atoms with Gasteiger partial charge in [0.25, 0.3) is 0 Å². The zero-order valence-corrected chi connectivity index (χ0v) is 8.19. The number of rotatable bonds is 2. The first kappa shape index (κ1) is 8.54. The predicted octanol–water partition coefficient (Wildman–Crippen LogP) is 3.65. The Labute approximate surface area is 76.1 Å². The highest BCUT2D eigenvalue weighted by molar-refractivity contribution is 9.10. The molecule has 0 aliphatic rings. The van der Waals surface area contributed by atoms with E-state index in [0.29, 0.717) is 0 Å². The Bertz CT molecular complexity index is 264. The third-order valence-electron chi connectivity index (χ3n) is 1.71. The van der Waals surface area contributed by atoms with Crippen molar-refractivity contribution in [3.05, 3.63) is 40.4 Å². The Kier molecular flexibility index (Phi) is 2.89. The Morgan fingerprint density at radius 3 is 2.82 bits per heavy atom. The number of hydrogen-bond donors (Lipinski definition) is 0. The standard InChI is InChI=1S/C10H11Br/c1-3-8-5-6-10(11)7-9(8)4-2/h3,5-7H,1,4H2,2H3. The molecule has 0 fully saturated rings. The quantitative estimate of drug-likeness (QED) is 0.700. The molecule has 1 heteroatoms. The summed E-state index contributed by atoms with van der Waals surface area (Å²) in [6, 6.07) is 6.25. The number of halogens is 1. The van der Waals surface area contributed by atoms with E-state index in [9.17, 15) is 0 Å². The summed E-state index contributed by atoms with van der Waals surface area (Å²) < 4.78 is 1.14. The van der Waals surface area contributed by atoms with Crippen molar-refractivity contribution in [2.45, 2.75) is 13.3 Å². The van der Waals surface area contributed by atoms with Crippen molar-refractivity contribution in [1.29, 1.82) is 0 Å². The third-order valence-corrected chi connectivity index (χ3v) is 2.20. The van der Waals surface area contributed by atoms with Crippen LogP contribution in [-0.4, -0.2) is 0 Å². The highest BCUT2D eigenvalue weighted by Gasteiger charge is 1.96. The highest BCUT2D eigenvalue weighted by atomic mass is 79.9. The lowest BCUT2D eigenvalue weighted by Crippen LogP contribution is -1.84. The summed E-state index contributed by atoms with van der Waals surface area (Å²) in [5.41, 5.74) is 2.57. The molecule has 0 atom stereocenters. The highest BCUT2D eigenvalue weighted by Crippen LogP contribution is 2.17. The van der Waals surface area contributed by atoms with Crippen LogP contribution >= 0.6 is 15.9 Å². The molecule has 0 aliphatic carbocycles. The summed E-state index contributed by atoms with van der Waals surface area (Å²) in [6.07, 6.45) is 2.95. The molecule has 1 rings (SSSR count). The molecule has 1 aromatic rings. The van der Waals surface area contributed by atoms with Crippen LogP contribution in [0, 0.1) is 0 Å². The van der Waals surface area contributed by atoms with E-state index in [1.165, 1.54) is 11.1 Å². The molecule has 11 heavy (non-hydrogen) atoms. The molecule has 0 amide bonds. The van der Waals surface area contributed by atoms with Crippen LogP contribution in [0.25, 0.3) is 6.08 Å². The molecule has 0 nitrogen and oxygen atoms in total. The second kappa shape index (κ2) is 3.72. The van der Waals surface area contributed by atoms with Gasteiger partial charge in [-0.15, -0.1) is 0 Å². The van der Waals surface area contributed by atoms with Gasteiger partial charge in [-0.2, -0.15) is 0 Å². The van der Waals surface area contributed by atoms with Crippen LogP contribution in [0.4, 0.5) is 0 Å². The summed E-state index contributed by atoms with van der Waals surface area (Å²) in [4.78, 5) is 0. The maximum absolute atomic E-state index is 3.75. The topological polar surface area (TPSA) is 0 Å². The fourth-order valence-corrected chi connectivity index (χ4v) is 1.49. The SMILES string of the molecule is C=Cc1ccc(Br)cc1CC. The van der Waals surface area contributed by atoms with Crippen molar-refractivity contribution >= 4 is 22.0 Å². The summed E-state index contributed by atoms with van der Waals surface area (Å²) in [7, 11) is 0. The van der Waals surface area contributed by atoms with Crippen LogP contribution in [0.3, 0.4) is 0 Å². The Hall–Kier alpha value is -0.560. The first-order valence-electron chi connectivity index (χ1n) is 3.68. The zero-order chi connectivity index (χ0) is 8.27. The molecule has 0 radical (unpaired) electrons. The lowest BCUT2D eigenvalue weighted by molar-refractivity contribution is 1.13. The molecule has 0 unspecified atom stereocenters. The van der Waals surface area contributed by atoms with Crippen molar-refractivity contribution < 1.29 is 0 Å². The van der Waals surface area contributed by atoms with Crippen LogP contribution in [0.15, 0.2) is 29.3 Å². The first-order valence-corrected chi connectivity index (χ1v) is 4.48. The Morgan fingerprint density at radius 2 is 2.27 bits per heavy atom. The fraction of sp³-hybridized carbons (Fsp3) is 0.200. The van der Waals surface area contributed by atoms with Crippen molar-refractivity contribution in [3.63, 3.8) is 0 Å². The molecular weight excluding hydrogens is 200 g/mol. The molecule has 0 aromatic heterocycles. The van der Waals surface area contributed by atoms with E-state index in [-0.39, 0.29) is 0 Å². The van der Waals surface area contributed by atoms with Gasteiger partial charge in [-0.05, 0) is 29.7 Å². The van der Waals surface area contributed by atoms with E-state index in [4.69, 9.17) is 0 Å². The van der Waals surface area contributed by atoms with Crippen LogP contribution in [0.1, 0.15) is 18.1 Å². The maximum Gasteiger partial charge on any atom is 0.0178 e. The number of aryl methyl sites for hydroxylation is 1. The van der Waals surface area contributed by atoms with Crippen LogP contribution < -0.4 is 0 Å². The minimum atomic E-state index is 1.06. The van der Waals surface area contributed by atoms with Crippen LogP contribution in [0.2, 0.25) is 0 Å². The van der Waals surface area contributed by atoms with E-state index < -0.39 is 0 Å². The molecule has 0 aliphatic heterocycles. The van der Waals surface area contributed by atoms with Gasteiger partial charge in [-0.1, -0.05) is 41.6 Å². The van der Waals surface area contributed by atoms with E-state index in [0.717, 1.165) is 10.9 Å². The van der Waals surface area contributed by atoms with Crippen molar-refractivity contribution in [2.24, 2.45) is 0 Å². The second-order valence-corrected chi connectivity index (χ2v) is 3.32. The average molecular weight is 211 g/mol. The molecule has 0 N–H and O–H groups in total. The van der Waals surface area contributed by atoms with Crippen LogP contribution in [-0.2, 0) is 6.42 Å². The van der Waals surface area contributed by atoms with E-state index in [2.05, 4.69) is 41.6 Å². The minimum absolute atomic E-state index is 1.06. The van der Waals surface area contributed by atoms with E-state index >= 15 is 0 Å². The number of benzene rings is 1. The van der Waals surface area contributed by atoms with Crippen molar-refractivity contribution in [1.82, 2.24) is 0 Å². The Morgan fingerprint density at radius 1 is 1.55 bits per heavy atom. The van der Waals surface area contributed by atoms with Gasteiger partial charge in [-0.3, -0.25) is 0 Å². The van der Waals surface area contributed by atoms with Crippen molar-refractivity contribution in [2.75, 3.05) is 0 Å². The molecule has 0 saturated heterocycles. The molecular formula is C10H11Br. The fourth-order valence-electron chi connectivity index (χ4n) is 1.08. The lowest BCUT2D eigenvalue weighted by atomic mass is 10.1. The van der Waals surface area contributed by atoms with Crippen molar-refractivity contribution in [3.8, 4) is 0 Å². The average Bonchev–Trinajstić information content (AvgIpc) is 2.04. The van der Waals surface area contributed by atoms with Gasteiger partial charge in [-0.25, -0.2) is 0 Å². The predicted molar refractivity (Wildman–Crippen MR) is 53.6 cm³/mol. The minimum Gasteiger partial charge on any atom is -0.0985 e. The second-order valence-electron chi connectivity index (χ2n) is 2.40. The van der Waals surface area contributed by atoms with Gasteiger partial charge in [0.2, 0.25) is 0 Å². The third kappa shape index (κ3) is 1.93. The molecule has 1 aromatic carbocycles. The summed E-state index contributed by atoms with van der Waals surface area (Å²) in [5.74, 6) is 0. The molecule has 0 saturated carbocycles. The number of hydrogen-bond acceptors (Lipinski definition) is 0. The van der Waals surface area contributed by atoms with E-state index in [1.807, 2.05) is 12.1 Å². The van der Waals surface area contributed by atoms with Gasteiger partial charge >= 0.3 is 0 Å². The zero-order valence-electron chi connectivity index (χ0n) is 6.60. The summed E-state index contributed by atoms with van der Waals surface area (Å²) >= 11 is 3.43. The van der Waals surface area contributed by atoms with Gasteiger partial charge < -0.3 is 0 Å². The summed E-state index contributed by atoms with van der Waals surface area (Å²) in [5, 5.41) is 0. The molecule has 0 bridgehead atoms.